The second-order valence-corrected chi connectivity index (χ2v) is 10.7. The lowest BCUT2D eigenvalue weighted by molar-refractivity contribution is -0.132. The van der Waals surface area contributed by atoms with Crippen LogP contribution in [0.3, 0.4) is 0 Å². The number of anilines is 2. The molecule has 5 rings (SSSR count). The molecule has 0 radical (unpaired) electrons. The number of aliphatic hydroxyl groups excluding tert-OH is 1. The predicted octanol–water partition coefficient (Wildman–Crippen LogP) is 6.09. The van der Waals surface area contributed by atoms with Gasteiger partial charge in [-0.1, -0.05) is 29.5 Å². The highest BCUT2D eigenvalue weighted by Crippen LogP contribution is 2.45. The van der Waals surface area contributed by atoms with Gasteiger partial charge < -0.3 is 19.5 Å². The Kier molecular flexibility index (Phi) is 7.49. The van der Waals surface area contributed by atoms with Crippen LogP contribution in [0, 0.1) is 6.92 Å². The molecule has 40 heavy (non-hydrogen) atoms. The molecule has 1 amide bonds. The van der Waals surface area contributed by atoms with Crippen LogP contribution >= 0.6 is 11.3 Å². The molecule has 1 unspecified atom stereocenters. The molecule has 0 bridgehead atoms. The summed E-state index contributed by atoms with van der Waals surface area (Å²) in [5, 5.41) is 12.1. The number of aryl methyl sites for hydroxylation is 1. The monoisotopic (exact) mass is 557 g/mol. The molecule has 1 atom stereocenters. The first-order valence-corrected chi connectivity index (χ1v) is 13.9. The van der Waals surface area contributed by atoms with Crippen LogP contribution in [0.15, 0.2) is 66.2 Å². The second-order valence-electron chi connectivity index (χ2n) is 9.65. The van der Waals surface area contributed by atoms with E-state index in [2.05, 4.69) is 0 Å². The van der Waals surface area contributed by atoms with Gasteiger partial charge in [-0.25, -0.2) is 4.98 Å². The number of hydrogen-bond acceptors (Lipinski definition) is 8. The Morgan fingerprint density at radius 1 is 1.00 bits per heavy atom. The van der Waals surface area contributed by atoms with E-state index in [0.29, 0.717) is 41.0 Å². The summed E-state index contributed by atoms with van der Waals surface area (Å²) in [5.74, 6) is -0.919. The smallest absolute Gasteiger partial charge is 0.301 e. The van der Waals surface area contributed by atoms with Gasteiger partial charge in [-0.15, -0.1) is 0 Å². The number of fused-ring (bicyclic) bond motifs is 1. The lowest BCUT2D eigenvalue weighted by Crippen LogP contribution is -2.29. The van der Waals surface area contributed by atoms with Crippen molar-refractivity contribution in [2.45, 2.75) is 26.8 Å². The number of benzene rings is 3. The standard InChI is InChI=1S/C31H31N3O5S/c1-6-38-21-13-14-22(24(17-21)39-7-2)28(35)26-27(19-9-11-20(12-10-19)33(4)5)34(30(37)29(26)36)31-32-23-15-8-18(3)16-25(23)40-31/h8-17,27,35H,6-7H2,1-5H3/b28-26+. The van der Waals surface area contributed by atoms with E-state index in [4.69, 9.17) is 14.5 Å². The highest BCUT2D eigenvalue weighted by Gasteiger charge is 2.48. The first kappa shape index (κ1) is 27.2. The number of Topliss-reactive ketones (excluding diaryl/α,β-unsaturated/α-hetero) is 1. The third-order valence-electron chi connectivity index (χ3n) is 6.73. The van der Waals surface area contributed by atoms with E-state index in [9.17, 15) is 14.7 Å². The number of rotatable bonds is 8. The third kappa shape index (κ3) is 4.88. The average Bonchev–Trinajstić information content (AvgIpc) is 3.46. The van der Waals surface area contributed by atoms with E-state index in [-0.39, 0.29) is 11.3 Å². The minimum Gasteiger partial charge on any atom is -0.507 e. The Morgan fingerprint density at radius 3 is 2.40 bits per heavy atom. The quantitative estimate of drug-likeness (QED) is 0.159. The minimum atomic E-state index is -0.890. The lowest BCUT2D eigenvalue weighted by atomic mass is 9.95. The van der Waals surface area contributed by atoms with Gasteiger partial charge >= 0.3 is 5.91 Å². The normalized spacial score (nSPS) is 16.5. The summed E-state index contributed by atoms with van der Waals surface area (Å²) < 4.78 is 12.3. The molecule has 0 aliphatic carbocycles. The molecule has 3 aromatic carbocycles. The Hall–Kier alpha value is -4.37. The van der Waals surface area contributed by atoms with E-state index >= 15 is 0 Å². The van der Waals surface area contributed by atoms with Crippen molar-refractivity contribution in [2.24, 2.45) is 0 Å². The second kappa shape index (κ2) is 11.0. The van der Waals surface area contributed by atoms with Gasteiger partial charge in [0.25, 0.3) is 5.78 Å². The maximum absolute atomic E-state index is 13.7. The number of aliphatic hydroxyl groups is 1. The average molecular weight is 558 g/mol. The van der Waals surface area contributed by atoms with E-state index < -0.39 is 17.7 Å². The lowest BCUT2D eigenvalue weighted by Gasteiger charge is -2.24. The molecule has 206 valence electrons. The summed E-state index contributed by atoms with van der Waals surface area (Å²) in [6.07, 6.45) is 0. The topological polar surface area (TPSA) is 92.2 Å². The molecule has 4 aromatic rings. The first-order valence-electron chi connectivity index (χ1n) is 13.1. The van der Waals surface area contributed by atoms with Gasteiger partial charge in [0.1, 0.15) is 17.3 Å². The Labute approximate surface area is 237 Å². The number of ether oxygens (including phenoxy) is 2. The minimum absolute atomic E-state index is 0.0249. The molecule has 9 heteroatoms. The number of hydrogen-bond donors (Lipinski definition) is 1. The Bertz CT molecular complexity index is 1620. The van der Waals surface area contributed by atoms with Crippen LogP contribution in [0.5, 0.6) is 11.5 Å². The van der Waals surface area contributed by atoms with Gasteiger partial charge in [0.15, 0.2) is 5.13 Å². The van der Waals surface area contributed by atoms with Gasteiger partial charge in [-0.3, -0.25) is 14.5 Å². The van der Waals surface area contributed by atoms with Crippen molar-refractivity contribution < 1.29 is 24.2 Å². The van der Waals surface area contributed by atoms with Gasteiger partial charge in [0.05, 0.1) is 40.6 Å². The first-order chi connectivity index (χ1) is 19.2. The predicted molar refractivity (Wildman–Crippen MR) is 159 cm³/mol. The van der Waals surface area contributed by atoms with Gasteiger partial charge in [0.2, 0.25) is 0 Å². The van der Waals surface area contributed by atoms with Crippen LogP contribution in [0.1, 0.15) is 36.6 Å². The highest BCUT2D eigenvalue weighted by molar-refractivity contribution is 7.22. The summed E-state index contributed by atoms with van der Waals surface area (Å²) in [6.45, 7) is 6.50. The van der Waals surface area contributed by atoms with Crippen molar-refractivity contribution in [2.75, 3.05) is 37.1 Å². The van der Waals surface area contributed by atoms with Crippen molar-refractivity contribution in [3.8, 4) is 11.5 Å². The molecule has 1 N–H and O–H groups in total. The molecule has 1 aliphatic heterocycles. The number of ketones is 1. The number of thiazole rings is 1. The maximum atomic E-state index is 13.7. The molecule has 1 saturated heterocycles. The molecule has 2 heterocycles. The zero-order chi connectivity index (χ0) is 28.6. The molecular formula is C31H31N3O5S. The zero-order valence-corrected chi connectivity index (χ0v) is 23.9. The largest absolute Gasteiger partial charge is 0.507 e. The SMILES string of the molecule is CCOc1ccc(/C(O)=C2\C(=O)C(=O)N(c3nc4ccc(C)cc4s3)C2c2ccc(N(C)C)cc2)c(OCC)c1. The van der Waals surface area contributed by atoms with Crippen LogP contribution in [0.4, 0.5) is 10.8 Å². The van der Waals surface area contributed by atoms with Crippen molar-refractivity contribution in [1.82, 2.24) is 4.98 Å². The third-order valence-corrected chi connectivity index (χ3v) is 7.74. The van der Waals surface area contributed by atoms with Crippen molar-refractivity contribution in [3.05, 3.63) is 82.9 Å². The number of amides is 1. The summed E-state index contributed by atoms with van der Waals surface area (Å²) in [4.78, 5) is 35.4. The molecule has 8 nitrogen and oxygen atoms in total. The van der Waals surface area contributed by atoms with E-state index in [1.54, 1.807) is 18.2 Å². The van der Waals surface area contributed by atoms with Crippen LogP contribution < -0.4 is 19.3 Å². The molecule has 1 aromatic heterocycles. The summed E-state index contributed by atoms with van der Waals surface area (Å²) in [7, 11) is 3.87. The summed E-state index contributed by atoms with van der Waals surface area (Å²) >= 11 is 1.34. The van der Waals surface area contributed by atoms with Crippen molar-refractivity contribution >= 4 is 49.8 Å². The molecular weight excluding hydrogens is 526 g/mol. The fourth-order valence-corrected chi connectivity index (χ4v) is 5.89. The Balaban J connectivity index is 1.72. The Morgan fingerprint density at radius 2 is 1.73 bits per heavy atom. The van der Waals surface area contributed by atoms with Crippen LogP contribution in [-0.2, 0) is 9.59 Å². The van der Waals surface area contributed by atoms with E-state index in [1.165, 1.54) is 16.2 Å². The van der Waals surface area contributed by atoms with Gasteiger partial charge in [-0.05, 0) is 68.3 Å². The number of nitrogens with zero attached hydrogens (tertiary/aromatic N) is 3. The number of carbonyl (C=O) groups excluding carboxylic acids is 2. The van der Waals surface area contributed by atoms with Crippen molar-refractivity contribution in [1.29, 1.82) is 0 Å². The van der Waals surface area contributed by atoms with Crippen LogP contribution in [-0.4, -0.2) is 49.1 Å². The summed E-state index contributed by atoms with van der Waals surface area (Å²) in [6, 6.07) is 17.6. The number of aromatic nitrogens is 1. The molecule has 0 spiro atoms. The van der Waals surface area contributed by atoms with Crippen LogP contribution in [0.25, 0.3) is 16.0 Å². The van der Waals surface area contributed by atoms with E-state index in [0.717, 1.165) is 21.5 Å². The van der Waals surface area contributed by atoms with Gasteiger partial charge in [0, 0.05) is 25.8 Å². The summed E-state index contributed by atoms with van der Waals surface area (Å²) in [5.41, 5.74) is 3.71. The highest BCUT2D eigenvalue weighted by atomic mass is 32.1. The molecule has 1 fully saturated rings. The molecule has 0 saturated carbocycles. The van der Waals surface area contributed by atoms with Crippen LogP contribution in [0.2, 0.25) is 0 Å². The zero-order valence-electron chi connectivity index (χ0n) is 23.1. The van der Waals surface area contributed by atoms with Gasteiger partial charge in [-0.2, -0.15) is 0 Å². The van der Waals surface area contributed by atoms with Crippen molar-refractivity contribution in [3.63, 3.8) is 0 Å². The number of carbonyl (C=O) groups is 2. The maximum Gasteiger partial charge on any atom is 0.301 e. The fraction of sp³-hybridized carbons (Fsp3) is 0.258. The fourth-order valence-electron chi connectivity index (χ4n) is 4.80. The molecule has 1 aliphatic rings. The van der Waals surface area contributed by atoms with E-state index in [1.807, 2.05) is 82.2 Å².